The number of carbonyl (C=O) groups is 1. The van der Waals surface area contributed by atoms with E-state index in [1.54, 1.807) is 15.9 Å². The lowest BCUT2D eigenvalue weighted by Gasteiger charge is -2.26. The van der Waals surface area contributed by atoms with Crippen LogP contribution in [0.4, 0.5) is 0 Å². The summed E-state index contributed by atoms with van der Waals surface area (Å²) in [6, 6.07) is 7.94. The molecule has 8 heteroatoms. The summed E-state index contributed by atoms with van der Waals surface area (Å²) in [7, 11) is 0. The molecular formula is C29H39N3O3S2. The minimum absolute atomic E-state index is 0.0544. The van der Waals surface area contributed by atoms with Crippen molar-refractivity contribution < 1.29 is 9.53 Å². The minimum Gasteiger partial charge on any atom is -0.372 e. The molecule has 0 N–H and O–H groups in total. The number of thioether (sulfide) groups is 1. The Morgan fingerprint density at radius 2 is 1.97 bits per heavy atom. The standard InChI is InChI=1S/C29H39N3O3S2/c1-6-8-13-31(14-9-7-2)25(33)18-36-29-30-27-26(22-16-23(19(3)4)35-17-24(22)37-27)28(34)32(29)21-12-10-11-20(5)15-21/h10-12,15,19,23H,6-9,13-14,16-18H2,1-5H3. The Bertz CT molecular complexity index is 1290. The minimum atomic E-state index is -0.0544. The summed E-state index contributed by atoms with van der Waals surface area (Å²) in [5.41, 5.74) is 2.89. The average molecular weight is 542 g/mol. The lowest BCUT2D eigenvalue weighted by atomic mass is 9.96. The highest BCUT2D eigenvalue weighted by Crippen LogP contribution is 2.36. The Hall–Kier alpha value is -2.16. The lowest BCUT2D eigenvalue weighted by Crippen LogP contribution is -2.34. The highest BCUT2D eigenvalue weighted by atomic mass is 32.2. The first kappa shape index (κ1) is 27.9. The second-order valence-corrected chi connectivity index (χ2v) is 12.3. The molecule has 6 nitrogen and oxygen atoms in total. The van der Waals surface area contributed by atoms with E-state index in [1.165, 1.54) is 11.8 Å². The van der Waals surface area contributed by atoms with Crippen LogP contribution in [-0.2, 0) is 22.6 Å². The van der Waals surface area contributed by atoms with Gasteiger partial charge in [0.25, 0.3) is 5.56 Å². The van der Waals surface area contributed by atoms with Gasteiger partial charge in [-0.05, 0) is 48.9 Å². The van der Waals surface area contributed by atoms with Crippen molar-refractivity contribution in [2.75, 3.05) is 18.8 Å². The number of nitrogens with zero attached hydrogens (tertiary/aromatic N) is 3. The van der Waals surface area contributed by atoms with Crippen LogP contribution in [0.15, 0.2) is 34.2 Å². The SMILES string of the molecule is CCCCN(CCCC)C(=O)CSc1nc2sc3c(c2c(=O)n1-c1cccc(C)c1)CC(C(C)C)OC3. The third-order valence-corrected chi connectivity index (χ3v) is 8.98. The molecule has 0 fully saturated rings. The van der Waals surface area contributed by atoms with E-state index in [-0.39, 0.29) is 23.3 Å². The number of carbonyl (C=O) groups excluding carboxylic acids is 1. The monoisotopic (exact) mass is 541 g/mol. The molecule has 2 aromatic heterocycles. The number of hydrogen-bond acceptors (Lipinski definition) is 6. The van der Waals surface area contributed by atoms with Crippen molar-refractivity contribution in [1.82, 2.24) is 14.5 Å². The summed E-state index contributed by atoms with van der Waals surface area (Å²) in [5.74, 6) is 0.746. The van der Waals surface area contributed by atoms with Crippen LogP contribution in [0.3, 0.4) is 0 Å². The maximum absolute atomic E-state index is 14.1. The van der Waals surface area contributed by atoms with E-state index in [9.17, 15) is 9.59 Å². The second kappa shape index (κ2) is 12.6. The third-order valence-electron chi connectivity index (χ3n) is 6.96. The summed E-state index contributed by atoms with van der Waals surface area (Å²) in [6.07, 6.45) is 4.93. The van der Waals surface area contributed by atoms with Crippen molar-refractivity contribution in [3.63, 3.8) is 0 Å². The molecule has 1 aliphatic heterocycles. The Morgan fingerprint density at radius 3 is 2.62 bits per heavy atom. The van der Waals surface area contributed by atoms with Gasteiger partial charge in [-0.2, -0.15) is 0 Å². The third kappa shape index (κ3) is 6.29. The van der Waals surface area contributed by atoms with Crippen molar-refractivity contribution >= 4 is 39.2 Å². The average Bonchev–Trinajstić information content (AvgIpc) is 3.25. The van der Waals surface area contributed by atoms with E-state index < -0.39 is 0 Å². The number of aromatic nitrogens is 2. The molecular weight excluding hydrogens is 502 g/mol. The Kier molecular flexibility index (Phi) is 9.48. The number of hydrogen-bond donors (Lipinski definition) is 0. The van der Waals surface area contributed by atoms with E-state index in [1.807, 2.05) is 36.1 Å². The van der Waals surface area contributed by atoms with Crippen LogP contribution >= 0.6 is 23.1 Å². The molecule has 1 unspecified atom stereocenters. The highest BCUT2D eigenvalue weighted by Gasteiger charge is 2.29. The molecule has 1 atom stereocenters. The molecule has 1 aromatic carbocycles. The van der Waals surface area contributed by atoms with Crippen LogP contribution in [0.5, 0.6) is 0 Å². The Labute approximate surface area is 228 Å². The molecule has 3 heterocycles. The Balaban J connectivity index is 1.74. The molecule has 1 amide bonds. The first-order valence-corrected chi connectivity index (χ1v) is 15.3. The normalized spacial score (nSPS) is 15.4. The predicted molar refractivity (Wildman–Crippen MR) is 154 cm³/mol. The van der Waals surface area contributed by atoms with Crippen molar-refractivity contribution in [2.45, 2.75) is 84.6 Å². The van der Waals surface area contributed by atoms with Gasteiger partial charge in [0.05, 0.1) is 29.5 Å². The van der Waals surface area contributed by atoms with Crippen molar-refractivity contribution in [3.05, 3.63) is 50.6 Å². The van der Waals surface area contributed by atoms with Crippen LogP contribution in [0.25, 0.3) is 15.9 Å². The number of benzene rings is 1. The first-order valence-electron chi connectivity index (χ1n) is 13.5. The molecule has 0 spiro atoms. The van der Waals surface area contributed by atoms with Gasteiger partial charge in [0.15, 0.2) is 5.16 Å². The first-order chi connectivity index (χ1) is 17.8. The molecule has 0 aliphatic carbocycles. The smallest absolute Gasteiger partial charge is 0.267 e. The van der Waals surface area contributed by atoms with Gasteiger partial charge in [0, 0.05) is 24.4 Å². The highest BCUT2D eigenvalue weighted by molar-refractivity contribution is 7.99. The van der Waals surface area contributed by atoms with Crippen molar-refractivity contribution in [1.29, 1.82) is 0 Å². The molecule has 0 bridgehead atoms. The molecule has 3 aromatic rings. The predicted octanol–water partition coefficient (Wildman–Crippen LogP) is 6.37. The zero-order valence-electron chi connectivity index (χ0n) is 22.7. The maximum atomic E-state index is 14.1. The van der Waals surface area contributed by atoms with Crippen molar-refractivity contribution in [3.8, 4) is 5.69 Å². The molecule has 0 saturated carbocycles. The number of unbranched alkanes of at least 4 members (excludes halogenated alkanes) is 2. The van der Waals surface area contributed by atoms with Gasteiger partial charge in [0.2, 0.25) is 5.91 Å². The van der Waals surface area contributed by atoms with Gasteiger partial charge in [-0.1, -0.05) is 64.4 Å². The zero-order chi connectivity index (χ0) is 26.5. The van der Waals surface area contributed by atoms with Crippen LogP contribution in [-0.4, -0.2) is 45.3 Å². The lowest BCUT2D eigenvalue weighted by molar-refractivity contribution is -0.128. The number of aryl methyl sites for hydroxylation is 1. The number of ether oxygens (including phenoxy) is 1. The fraction of sp³-hybridized carbons (Fsp3) is 0.552. The number of thiophene rings is 1. The molecule has 0 saturated heterocycles. The summed E-state index contributed by atoms with van der Waals surface area (Å²) < 4.78 is 7.80. The summed E-state index contributed by atoms with van der Waals surface area (Å²) in [6.45, 7) is 12.7. The van der Waals surface area contributed by atoms with E-state index in [2.05, 4.69) is 27.7 Å². The fourth-order valence-electron chi connectivity index (χ4n) is 4.70. The Morgan fingerprint density at radius 1 is 1.24 bits per heavy atom. The van der Waals surface area contributed by atoms with E-state index in [4.69, 9.17) is 9.72 Å². The number of fused-ring (bicyclic) bond motifs is 3. The van der Waals surface area contributed by atoms with Crippen molar-refractivity contribution in [2.24, 2.45) is 5.92 Å². The van der Waals surface area contributed by atoms with Crippen LogP contribution in [0, 0.1) is 12.8 Å². The van der Waals surface area contributed by atoms with Crippen LogP contribution < -0.4 is 5.56 Å². The summed E-state index contributed by atoms with van der Waals surface area (Å²) in [5, 5.41) is 1.28. The number of rotatable bonds is 11. The summed E-state index contributed by atoms with van der Waals surface area (Å²) >= 11 is 2.92. The second-order valence-electron chi connectivity index (χ2n) is 10.2. The van der Waals surface area contributed by atoms with Crippen LogP contribution in [0.1, 0.15) is 69.4 Å². The quantitative estimate of drug-likeness (QED) is 0.208. The zero-order valence-corrected chi connectivity index (χ0v) is 24.3. The van der Waals surface area contributed by atoms with Gasteiger partial charge in [-0.15, -0.1) is 11.3 Å². The van der Waals surface area contributed by atoms with Gasteiger partial charge < -0.3 is 9.64 Å². The van der Waals surface area contributed by atoms with Gasteiger partial charge in [-0.25, -0.2) is 4.98 Å². The van der Waals surface area contributed by atoms with E-state index >= 15 is 0 Å². The fourth-order valence-corrected chi connectivity index (χ4v) is 6.78. The number of amides is 1. The van der Waals surface area contributed by atoms with E-state index in [0.717, 1.165) is 71.7 Å². The summed E-state index contributed by atoms with van der Waals surface area (Å²) in [4.78, 5) is 36.1. The van der Waals surface area contributed by atoms with Gasteiger partial charge >= 0.3 is 0 Å². The largest absolute Gasteiger partial charge is 0.372 e. The maximum Gasteiger partial charge on any atom is 0.267 e. The molecule has 4 rings (SSSR count). The van der Waals surface area contributed by atoms with E-state index in [0.29, 0.717) is 23.1 Å². The van der Waals surface area contributed by atoms with Gasteiger partial charge in [-0.3, -0.25) is 14.2 Å². The van der Waals surface area contributed by atoms with Crippen LogP contribution in [0.2, 0.25) is 0 Å². The molecule has 200 valence electrons. The topological polar surface area (TPSA) is 64.4 Å². The molecule has 37 heavy (non-hydrogen) atoms. The van der Waals surface area contributed by atoms with Gasteiger partial charge in [0.1, 0.15) is 4.83 Å². The molecule has 0 radical (unpaired) electrons. The molecule has 1 aliphatic rings.